The standard InChI is InChI=1S/C11H21NO3SSi/c1-17(2,3)15-11(9-12)6-4-10(5-7-11)8-16(13)14/h10H,4-8H2,1-3H3,(H,13,14)/p-1. The maximum atomic E-state index is 10.6. The Morgan fingerprint density at radius 3 is 2.35 bits per heavy atom. The first-order valence-electron chi connectivity index (χ1n) is 5.94. The van der Waals surface area contributed by atoms with Crippen LogP contribution in [0.2, 0.25) is 19.6 Å². The van der Waals surface area contributed by atoms with E-state index in [1.165, 1.54) is 0 Å². The lowest BCUT2D eigenvalue weighted by Gasteiger charge is -2.39. The minimum absolute atomic E-state index is 0.194. The summed E-state index contributed by atoms with van der Waals surface area (Å²) in [5.74, 6) is 0.411. The van der Waals surface area contributed by atoms with Gasteiger partial charge in [-0.1, -0.05) is 11.1 Å². The zero-order valence-corrected chi connectivity index (χ0v) is 12.5. The van der Waals surface area contributed by atoms with Crippen molar-refractivity contribution >= 4 is 19.4 Å². The summed E-state index contributed by atoms with van der Waals surface area (Å²) < 4.78 is 27.3. The van der Waals surface area contributed by atoms with Crippen LogP contribution in [0.4, 0.5) is 0 Å². The number of hydrogen-bond donors (Lipinski definition) is 0. The van der Waals surface area contributed by atoms with E-state index in [0.29, 0.717) is 12.8 Å². The summed E-state index contributed by atoms with van der Waals surface area (Å²) in [6.07, 6.45) is 2.86. The van der Waals surface area contributed by atoms with E-state index in [0.717, 1.165) is 12.8 Å². The molecule has 0 aliphatic heterocycles. The summed E-state index contributed by atoms with van der Waals surface area (Å²) in [7, 11) is -1.74. The molecule has 4 nitrogen and oxygen atoms in total. The van der Waals surface area contributed by atoms with Crippen molar-refractivity contribution in [3.05, 3.63) is 0 Å². The van der Waals surface area contributed by atoms with Gasteiger partial charge in [-0.15, -0.1) is 0 Å². The fourth-order valence-corrected chi connectivity index (χ4v) is 4.47. The molecule has 0 N–H and O–H groups in total. The van der Waals surface area contributed by atoms with Gasteiger partial charge in [0.25, 0.3) is 0 Å². The summed E-state index contributed by atoms with van der Waals surface area (Å²) in [6, 6.07) is 2.31. The lowest BCUT2D eigenvalue weighted by Crippen LogP contribution is -2.44. The van der Waals surface area contributed by atoms with Crippen LogP contribution < -0.4 is 0 Å². The monoisotopic (exact) mass is 274 g/mol. The van der Waals surface area contributed by atoms with Gasteiger partial charge in [0.05, 0.1) is 6.07 Å². The highest BCUT2D eigenvalue weighted by molar-refractivity contribution is 7.79. The maximum Gasteiger partial charge on any atom is 0.185 e. The molecule has 1 rings (SSSR count). The molecule has 1 atom stereocenters. The first-order valence-corrected chi connectivity index (χ1v) is 10.6. The minimum Gasteiger partial charge on any atom is -0.772 e. The SMILES string of the molecule is C[Si](C)(C)OC1(C#N)CCC(CS(=O)[O-])CC1. The molecule has 1 aliphatic rings. The van der Waals surface area contributed by atoms with Gasteiger partial charge >= 0.3 is 0 Å². The molecule has 17 heavy (non-hydrogen) atoms. The molecule has 0 saturated heterocycles. The molecule has 0 amide bonds. The molecule has 6 heteroatoms. The second-order valence-electron chi connectivity index (χ2n) is 5.73. The van der Waals surface area contributed by atoms with Gasteiger partial charge in [0, 0.05) is 5.75 Å². The highest BCUT2D eigenvalue weighted by atomic mass is 32.2. The van der Waals surface area contributed by atoms with E-state index in [4.69, 9.17) is 4.43 Å². The quantitative estimate of drug-likeness (QED) is 0.581. The molecule has 0 bridgehead atoms. The maximum absolute atomic E-state index is 10.6. The van der Waals surface area contributed by atoms with E-state index in [1.54, 1.807) is 0 Å². The van der Waals surface area contributed by atoms with Gasteiger partial charge in [0.1, 0.15) is 5.60 Å². The van der Waals surface area contributed by atoms with Crippen LogP contribution in [0.15, 0.2) is 0 Å². The molecule has 0 aromatic heterocycles. The molecule has 1 fully saturated rings. The Hall–Kier alpha value is -0.223. The molecule has 0 aromatic carbocycles. The van der Waals surface area contributed by atoms with Gasteiger partial charge in [-0.3, -0.25) is 4.21 Å². The number of nitriles is 1. The highest BCUT2D eigenvalue weighted by Crippen LogP contribution is 2.36. The van der Waals surface area contributed by atoms with Crippen molar-refractivity contribution in [3.63, 3.8) is 0 Å². The number of rotatable bonds is 4. The van der Waals surface area contributed by atoms with Crippen molar-refractivity contribution in [2.45, 2.75) is 50.9 Å². The van der Waals surface area contributed by atoms with E-state index in [1.807, 2.05) is 0 Å². The Labute approximate surface area is 107 Å². The van der Waals surface area contributed by atoms with Gasteiger partial charge in [0.15, 0.2) is 8.32 Å². The summed E-state index contributed by atoms with van der Waals surface area (Å²) in [4.78, 5) is 0. The van der Waals surface area contributed by atoms with E-state index >= 15 is 0 Å². The average molecular weight is 274 g/mol. The van der Waals surface area contributed by atoms with Crippen LogP contribution in [0.25, 0.3) is 0 Å². The molecule has 0 aromatic rings. The Morgan fingerprint density at radius 2 is 2.00 bits per heavy atom. The Kier molecular flexibility index (Phi) is 4.90. The normalized spacial score (nSPS) is 31.8. The Bertz CT molecular complexity index is 327. The third-order valence-corrected chi connectivity index (χ3v) is 4.74. The summed E-state index contributed by atoms with van der Waals surface area (Å²) in [6.45, 7) is 6.22. The van der Waals surface area contributed by atoms with Crippen molar-refractivity contribution in [1.82, 2.24) is 0 Å². The lowest BCUT2D eigenvalue weighted by atomic mass is 9.80. The van der Waals surface area contributed by atoms with Crippen molar-refractivity contribution < 1.29 is 13.2 Å². The van der Waals surface area contributed by atoms with E-state index in [9.17, 15) is 14.0 Å². The van der Waals surface area contributed by atoms with Crippen molar-refractivity contribution in [2.75, 3.05) is 5.75 Å². The molecular weight excluding hydrogens is 254 g/mol. The van der Waals surface area contributed by atoms with Gasteiger partial charge in [0.2, 0.25) is 0 Å². The third kappa shape index (κ3) is 4.88. The van der Waals surface area contributed by atoms with Crippen LogP contribution in [-0.4, -0.2) is 28.4 Å². The third-order valence-electron chi connectivity index (χ3n) is 2.99. The second kappa shape index (κ2) is 5.61. The summed E-state index contributed by atoms with van der Waals surface area (Å²) >= 11 is -1.97. The molecule has 0 spiro atoms. The van der Waals surface area contributed by atoms with Gasteiger partial charge in [-0.05, 0) is 51.2 Å². The van der Waals surface area contributed by atoms with Crippen molar-refractivity contribution in [1.29, 1.82) is 5.26 Å². The molecule has 0 heterocycles. The first-order chi connectivity index (χ1) is 7.76. The fourth-order valence-electron chi connectivity index (χ4n) is 2.33. The molecule has 1 saturated carbocycles. The van der Waals surface area contributed by atoms with E-state index in [2.05, 4.69) is 25.7 Å². The van der Waals surface area contributed by atoms with Gasteiger partial charge in [-0.25, -0.2) is 0 Å². The zero-order valence-electron chi connectivity index (χ0n) is 10.7. The smallest absolute Gasteiger partial charge is 0.185 e. The van der Waals surface area contributed by atoms with Crippen LogP contribution in [0.5, 0.6) is 0 Å². The predicted octanol–water partition coefficient (Wildman–Crippen LogP) is 2.17. The van der Waals surface area contributed by atoms with Gasteiger partial charge < -0.3 is 8.98 Å². The van der Waals surface area contributed by atoms with Crippen molar-refractivity contribution in [3.8, 4) is 6.07 Å². The first kappa shape index (κ1) is 14.8. The summed E-state index contributed by atoms with van der Waals surface area (Å²) in [5.41, 5.74) is -0.661. The molecule has 1 aliphatic carbocycles. The lowest BCUT2D eigenvalue weighted by molar-refractivity contribution is 0.0630. The Balaban J connectivity index is 2.58. The highest BCUT2D eigenvalue weighted by Gasteiger charge is 2.39. The second-order valence-corrected chi connectivity index (χ2v) is 11.1. The minimum atomic E-state index is -1.97. The number of hydrogen-bond acceptors (Lipinski definition) is 4. The van der Waals surface area contributed by atoms with Crippen molar-refractivity contribution in [2.24, 2.45) is 5.92 Å². The number of nitrogens with zero attached hydrogens (tertiary/aromatic N) is 1. The molecule has 1 unspecified atom stereocenters. The molecular formula is C11H20NO3SSi-. The van der Waals surface area contributed by atoms with Crippen LogP contribution in [-0.2, 0) is 15.5 Å². The Morgan fingerprint density at radius 1 is 1.47 bits per heavy atom. The van der Waals surface area contributed by atoms with Crippen LogP contribution >= 0.6 is 0 Å². The van der Waals surface area contributed by atoms with Crippen LogP contribution in [0.3, 0.4) is 0 Å². The zero-order chi connectivity index (χ0) is 13.1. The molecule has 98 valence electrons. The predicted molar refractivity (Wildman–Crippen MR) is 68.5 cm³/mol. The fraction of sp³-hybridized carbons (Fsp3) is 0.909. The van der Waals surface area contributed by atoms with E-state index < -0.39 is 25.0 Å². The van der Waals surface area contributed by atoms with Crippen LogP contribution in [0, 0.1) is 17.2 Å². The largest absolute Gasteiger partial charge is 0.772 e. The van der Waals surface area contributed by atoms with Gasteiger partial charge in [-0.2, -0.15) is 5.26 Å². The average Bonchev–Trinajstić information content (AvgIpc) is 2.18. The van der Waals surface area contributed by atoms with E-state index in [-0.39, 0.29) is 11.7 Å². The summed E-state index contributed by atoms with van der Waals surface area (Å²) in [5, 5.41) is 9.30. The van der Waals surface area contributed by atoms with Crippen LogP contribution in [0.1, 0.15) is 25.7 Å². The topological polar surface area (TPSA) is 73.1 Å². The molecule has 0 radical (unpaired) electrons.